The largest absolute Gasteiger partial charge is 0.481 e. The second-order valence-electron chi connectivity index (χ2n) is 12.3. The number of carbonyl (C=O) groups excluding carboxylic acids is 6. The molecule has 6 amide bonds. The Morgan fingerprint density at radius 2 is 0.895 bits per heavy atom. The van der Waals surface area contributed by atoms with Gasteiger partial charge in [-0.05, 0) is 50.0 Å². The molecule has 2 aliphatic rings. The summed E-state index contributed by atoms with van der Waals surface area (Å²) in [6.45, 7) is 0.199. The Morgan fingerprint density at radius 1 is 0.526 bits per heavy atom. The zero-order chi connectivity index (χ0) is 42.3. The molecule has 20 nitrogen and oxygen atoms in total. The molecule has 0 aliphatic heterocycles. The fourth-order valence-corrected chi connectivity index (χ4v) is 5.63. The average molecular weight is 817 g/mol. The van der Waals surface area contributed by atoms with Crippen LogP contribution in [0, 0.1) is 0 Å². The topological polar surface area (TPSA) is 324 Å². The van der Waals surface area contributed by atoms with Crippen LogP contribution in [0.5, 0.6) is 0 Å². The van der Waals surface area contributed by atoms with Crippen LogP contribution in [0.3, 0.4) is 0 Å². The van der Waals surface area contributed by atoms with Gasteiger partial charge in [-0.25, -0.2) is 9.59 Å². The molecule has 0 saturated heterocycles. The van der Waals surface area contributed by atoms with Crippen molar-refractivity contribution in [3.05, 3.63) is 59.1 Å². The molecule has 21 heteroatoms. The van der Waals surface area contributed by atoms with Gasteiger partial charge in [0.05, 0.1) is 11.1 Å². The lowest BCUT2D eigenvalue weighted by molar-refractivity contribution is -0.144. The van der Waals surface area contributed by atoms with Crippen molar-refractivity contribution in [2.45, 2.75) is 75.5 Å². The van der Waals surface area contributed by atoms with Gasteiger partial charge in [0, 0.05) is 50.3 Å². The summed E-state index contributed by atoms with van der Waals surface area (Å²) in [5.74, 6) is -8.78. The normalized spacial score (nSPS) is 14.2. The monoisotopic (exact) mass is 816 g/mol. The number of rotatable bonds is 28. The first-order valence-corrected chi connectivity index (χ1v) is 18.7. The van der Waals surface area contributed by atoms with Gasteiger partial charge in [-0.15, -0.1) is 11.5 Å². The van der Waals surface area contributed by atoms with Gasteiger partial charge >= 0.3 is 23.9 Å². The summed E-state index contributed by atoms with van der Waals surface area (Å²) < 4.78 is 0. The molecule has 10 N–H and O–H groups in total. The number of amides is 6. The van der Waals surface area contributed by atoms with Gasteiger partial charge in [-0.1, -0.05) is 12.2 Å². The van der Waals surface area contributed by atoms with Gasteiger partial charge in [0.1, 0.15) is 24.2 Å². The van der Waals surface area contributed by atoms with E-state index in [0.717, 1.165) is 0 Å². The van der Waals surface area contributed by atoms with Crippen LogP contribution in [0.2, 0.25) is 0 Å². The van der Waals surface area contributed by atoms with Crippen molar-refractivity contribution in [1.82, 2.24) is 31.9 Å². The third-order valence-electron chi connectivity index (χ3n) is 7.90. The van der Waals surface area contributed by atoms with Crippen LogP contribution in [0.1, 0.15) is 51.4 Å². The number of hydrogen-bond acceptors (Lipinski definition) is 11. The van der Waals surface area contributed by atoms with Crippen LogP contribution in [0.15, 0.2) is 59.1 Å². The molecule has 0 heterocycles. The van der Waals surface area contributed by atoms with E-state index in [2.05, 4.69) is 43.4 Å². The number of aliphatic carboxylic acids is 4. The standard InChI is InChI=1S/C36H44N6O14S/c43-27(39-25(35(53)54)11-15-29(45)46)13-9-23(41-31(49)21-5-1-2-6-21)33(51)37-17-19-57-20-18-38-34(52)24(42-32(50)22-7-3-4-8-22)10-14-28(44)40-26(36(55)56)12-16-30(47)48/h1-5,7,23-26H,9-20H2,(H,37,51)(H,38,52)(H,39,43)(H,40,44)(H,41,49)(H,42,50)(H,45,46)(H,47,48)(H,53,54)(H,55,56)/t23-,24-,25-,26-/m0/s1. The van der Waals surface area contributed by atoms with E-state index < -0.39 is 96.3 Å². The molecule has 0 aromatic rings. The lowest BCUT2D eigenvalue weighted by Gasteiger charge is -2.20. The van der Waals surface area contributed by atoms with Crippen molar-refractivity contribution >= 4 is 71.1 Å². The highest BCUT2D eigenvalue weighted by molar-refractivity contribution is 7.99. The molecule has 0 spiro atoms. The van der Waals surface area contributed by atoms with Crippen molar-refractivity contribution in [1.29, 1.82) is 0 Å². The van der Waals surface area contributed by atoms with E-state index >= 15 is 0 Å². The molecule has 0 bridgehead atoms. The smallest absolute Gasteiger partial charge is 0.326 e. The molecule has 4 atom stereocenters. The number of thioether (sulfide) groups is 1. The lowest BCUT2D eigenvalue weighted by atomic mass is 10.1. The van der Waals surface area contributed by atoms with Gasteiger partial charge < -0.3 is 52.3 Å². The van der Waals surface area contributed by atoms with Crippen LogP contribution >= 0.6 is 11.8 Å². The summed E-state index contributed by atoms with van der Waals surface area (Å²) in [6, 6.07) is -5.35. The zero-order valence-corrected chi connectivity index (χ0v) is 31.4. The first-order chi connectivity index (χ1) is 27.1. The summed E-state index contributed by atoms with van der Waals surface area (Å²) in [5.41, 5.74) is 5.67. The third-order valence-corrected chi connectivity index (χ3v) is 8.89. The molecule has 0 radical (unpaired) electrons. The van der Waals surface area contributed by atoms with Crippen LogP contribution in [-0.4, -0.2) is 129 Å². The van der Waals surface area contributed by atoms with Crippen LogP contribution in [0.25, 0.3) is 0 Å². The van der Waals surface area contributed by atoms with Gasteiger partial charge in [0.2, 0.25) is 23.6 Å². The molecule has 0 unspecified atom stereocenters. The van der Waals surface area contributed by atoms with E-state index in [1.54, 1.807) is 12.2 Å². The Kier molecular flexibility index (Phi) is 20.4. The molecular weight excluding hydrogens is 772 g/mol. The molecular formula is C36H44N6O14S. The summed E-state index contributed by atoms with van der Waals surface area (Å²) in [7, 11) is 0. The van der Waals surface area contributed by atoms with Crippen molar-refractivity contribution < 1.29 is 68.4 Å². The fraction of sp³-hybridized carbons (Fsp3) is 0.444. The maximum atomic E-state index is 13.0. The predicted octanol–water partition coefficient (Wildman–Crippen LogP) is -1.35. The predicted molar refractivity (Wildman–Crippen MR) is 200 cm³/mol. The van der Waals surface area contributed by atoms with E-state index in [0.29, 0.717) is 11.5 Å². The SMILES string of the molecule is O=C(O)CC[C@H](NC(=O)CC[C@H](NC(=O)C1=C=CC=C1)C(=O)NCCSCCNC(=O)[C@H](CCC(=O)N[C@@H](CCC(=O)O)C(=O)O)NC(=O)C1=C=CC=C1)C(=O)O. The summed E-state index contributed by atoms with van der Waals surface area (Å²) in [4.78, 5) is 121. The summed E-state index contributed by atoms with van der Waals surface area (Å²) >= 11 is 1.32. The Labute approximate surface area is 330 Å². The molecule has 57 heavy (non-hydrogen) atoms. The maximum absolute atomic E-state index is 13.0. The minimum absolute atomic E-state index is 0.0997. The number of allylic oxidation sites excluding steroid dienone is 2. The number of hydrogen-bond donors (Lipinski definition) is 10. The van der Waals surface area contributed by atoms with Crippen molar-refractivity contribution in [2.75, 3.05) is 24.6 Å². The second-order valence-corrected chi connectivity index (χ2v) is 13.5. The Balaban J connectivity index is 1.89. The number of carboxylic acid groups (broad SMARTS) is 4. The maximum Gasteiger partial charge on any atom is 0.326 e. The van der Waals surface area contributed by atoms with Gasteiger partial charge in [-0.3, -0.25) is 38.4 Å². The Morgan fingerprint density at radius 3 is 1.21 bits per heavy atom. The van der Waals surface area contributed by atoms with Crippen LogP contribution in [0.4, 0.5) is 0 Å². The van der Waals surface area contributed by atoms with Crippen molar-refractivity contribution in [3.8, 4) is 0 Å². The minimum Gasteiger partial charge on any atom is -0.481 e. The lowest BCUT2D eigenvalue weighted by Crippen LogP contribution is -2.48. The fourth-order valence-electron chi connectivity index (χ4n) is 4.93. The highest BCUT2D eigenvalue weighted by atomic mass is 32.2. The van der Waals surface area contributed by atoms with E-state index in [-0.39, 0.29) is 62.8 Å². The van der Waals surface area contributed by atoms with Gasteiger partial charge in [0.15, 0.2) is 0 Å². The van der Waals surface area contributed by atoms with Crippen molar-refractivity contribution in [3.63, 3.8) is 0 Å². The number of carboxylic acids is 4. The Bertz CT molecular complexity index is 1650. The highest BCUT2D eigenvalue weighted by Gasteiger charge is 2.27. The minimum atomic E-state index is -1.46. The van der Waals surface area contributed by atoms with Crippen molar-refractivity contribution in [2.24, 2.45) is 0 Å². The molecule has 0 saturated carbocycles. The first-order valence-electron chi connectivity index (χ1n) is 17.6. The van der Waals surface area contributed by atoms with E-state index in [4.69, 9.17) is 10.2 Å². The molecule has 308 valence electrons. The molecule has 0 aromatic carbocycles. The van der Waals surface area contributed by atoms with Gasteiger partial charge in [0.25, 0.3) is 11.8 Å². The van der Waals surface area contributed by atoms with Gasteiger partial charge in [-0.2, -0.15) is 11.8 Å². The quantitative estimate of drug-likeness (QED) is 0.0323. The third kappa shape index (κ3) is 18.6. The molecule has 0 aromatic heterocycles. The molecule has 2 rings (SSSR count). The first kappa shape index (κ1) is 46.7. The number of nitrogens with one attached hydrogen (secondary N) is 6. The van der Waals surface area contributed by atoms with E-state index in [1.807, 2.05) is 0 Å². The second kappa shape index (κ2) is 24.9. The molecule has 0 fully saturated rings. The molecule has 2 aliphatic carbocycles. The van der Waals surface area contributed by atoms with E-state index in [1.165, 1.54) is 36.1 Å². The van der Waals surface area contributed by atoms with Crippen LogP contribution in [-0.2, 0) is 47.9 Å². The average Bonchev–Trinajstić information content (AvgIpc) is 3.90. The summed E-state index contributed by atoms with van der Waals surface area (Å²) in [6.07, 6.45) is 6.14. The zero-order valence-electron chi connectivity index (χ0n) is 30.5. The number of carbonyl (C=O) groups is 10. The highest BCUT2D eigenvalue weighted by Crippen LogP contribution is 2.09. The summed E-state index contributed by atoms with van der Waals surface area (Å²) in [5, 5.41) is 51.0. The Hall–Kier alpha value is -6.43. The van der Waals surface area contributed by atoms with Crippen LogP contribution < -0.4 is 31.9 Å². The van der Waals surface area contributed by atoms with E-state index in [9.17, 15) is 58.2 Å².